The highest BCUT2D eigenvalue weighted by atomic mass is 16.3. The first-order valence-corrected chi connectivity index (χ1v) is 8.09. The van der Waals surface area contributed by atoms with Crippen molar-refractivity contribution in [3.8, 4) is 0 Å². The van der Waals surface area contributed by atoms with Gasteiger partial charge in [-0.05, 0) is 66.9 Å². The Morgan fingerprint density at radius 3 is 1.95 bits per heavy atom. The van der Waals surface area contributed by atoms with Crippen LogP contribution in [0.3, 0.4) is 0 Å². The summed E-state index contributed by atoms with van der Waals surface area (Å²) in [4.78, 5) is 0. The van der Waals surface area contributed by atoms with Gasteiger partial charge in [-0.2, -0.15) is 0 Å². The van der Waals surface area contributed by atoms with Crippen LogP contribution in [0.1, 0.15) is 65.1 Å². The molecule has 4 fully saturated rings. The third-order valence-electron chi connectivity index (χ3n) is 6.07. The van der Waals surface area contributed by atoms with Crippen molar-refractivity contribution in [1.29, 1.82) is 0 Å². The number of nitrogens with one attached hydrogen (secondary N) is 1. The zero-order valence-corrected chi connectivity index (χ0v) is 13.1. The largest absolute Gasteiger partial charge is 0.468 e. The van der Waals surface area contributed by atoms with Crippen molar-refractivity contribution in [2.45, 2.75) is 71.4 Å². The Hall–Kier alpha value is -0.760. The van der Waals surface area contributed by atoms with E-state index < -0.39 is 0 Å². The van der Waals surface area contributed by atoms with Gasteiger partial charge in [0.05, 0.1) is 12.8 Å². The fourth-order valence-corrected chi connectivity index (χ4v) is 7.17. The Labute approximate surface area is 122 Å². The summed E-state index contributed by atoms with van der Waals surface area (Å²) in [6, 6.07) is 4.07. The van der Waals surface area contributed by atoms with Gasteiger partial charge in [0.2, 0.25) is 0 Å². The molecule has 1 N–H and O–H groups in total. The summed E-state index contributed by atoms with van der Waals surface area (Å²) in [6.07, 6.45) is 10.1. The molecule has 0 atom stereocenters. The summed E-state index contributed by atoms with van der Waals surface area (Å²) in [7, 11) is 0. The van der Waals surface area contributed by atoms with E-state index in [2.05, 4.69) is 32.2 Å². The van der Waals surface area contributed by atoms with Crippen LogP contribution < -0.4 is 5.32 Å². The molecule has 0 unspecified atom stereocenters. The molecule has 1 heterocycles. The van der Waals surface area contributed by atoms with E-state index in [0.717, 1.165) is 12.3 Å². The van der Waals surface area contributed by atoms with Crippen LogP contribution in [0.5, 0.6) is 0 Å². The lowest BCUT2D eigenvalue weighted by molar-refractivity contribution is -0.159. The summed E-state index contributed by atoms with van der Waals surface area (Å²) in [5.41, 5.74) is 2.00. The second-order valence-corrected chi connectivity index (χ2v) is 9.21. The Kier molecular flexibility index (Phi) is 2.40. The maximum Gasteiger partial charge on any atom is 0.117 e. The fourth-order valence-electron chi connectivity index (χ4n) is 7.17. The smallest absolute Gasteiger partial charge is 0.117 e. The molecule has 0 aromatic carbocycles. The van der Waals surface area contributed by atoms with Crippen molar-refractivity contribution >= 4 is 0 Å². The van der Waals surface area contributed by atoms with Gasteiger partial charge in [-0.1, -0.05) is 20.8 Å². The van der Waals surface area contributed by atoms with Crippen molar-refractivity contribution in [2.75, 3.05) is 0 Å². The minimum Gasteiger partial charge on any atom is -0.468 e. The van der Waals surface area contributed by atoms with E-state index in [9.17, 15) is 0 Å². The Morgan fingerprint density at radius 1 is 0.950 bits per heavy atom. The minimum atomic E-state index is 0.347. The minimum absolute atomic E-state index is 0.347. The van der Waals surface area contributed by atoms with E-state index in [1.165, 1.54) is 38.5 Å². The van der Waals surface area contributed by atoms with Crippen molar-refractivity contribution < 1.29 is 4.42 Å². The van der Waals surface area contributed by atoms with Gasteiger partial charge in [-0.3, -0.25) is 0 Å². The van der Waals surface area contributed by atoms with E-state index in [1.807, 2.05) is 6.07 Å². The van der Waals surface area contributed by atoms with Gasteiger partial charge < -0.3 is 9.73 Å². The van der Waals surface area contributed by atoms with Crippen LogP contribution in [-0.4, -0.2) is 5.54 Å². The molecule has 2 heteroatoms. The average Bonchev–Trinajstić information content (AvgIpc) is 2.72. The molecule has 0 spiro atoms. The summed E-state index contributed by atoms with van der Waals surface area (Å²) < 4.78 is 5.51. The van der Waals surface area contributed by atoms with Crippen molar-refractivity contribution in [1.82, 2.24) is 5.32 Å². The van der Waals surface area contributed by atoms with E-state index >= 15 is 0 Å². The fraction of sp³-hybridized carbons (Fsp3) is 0.778. The third-order valence-corrected chi connectivity index (χ3v) is 6.07. The highest BCUT2D eigenvalue weighted by Gasteiger charge is 2.63. The topological polar surface area (TPSA) is 25.2 Å². The van der Waals surface area contributed by atoms with Crippen LogP contribution in [0.15, 0.2) is 22.8 Å². The average molecular weight is 273 g/mol. The van der Waals surface area contributed by atoms with Crippen LogP contribution in [-0.2, 0) is 6.54 Å². The molecule has 2 nitrogen and oxygen atoms in total. The molecule has 110 valence electrons. The molecular formula is C18H27NO. The predicted molar refractivity (Wildman–Crippen MR) is 80.3 cm³/mol. The van der Waals surface area contributed by atoms with Gasteiger partial charge in [0.25, 0.3) is 0 Å². The number of furan rings is 1. The molecule has 4 saturated carbocycles. The Balaban J connectivity index is 1.61. The molecule has 20 heavy (non-hydrogen) atoms. The predicted octanol–water partition coefficient (Wildman–Crippen LogP) is 4.51. The maximum absolute atomic E-state index is 5.51. The summed E-state index contributed by atoms with van der Waals surface area (Å²) in [5.74, 6) is 1.07. The molecule has 0 aliphatic heterocycles. The van der Waals surface area contributed by atoms with Crippen LogP contribution in [0, 0.1) is 16.2 Å². The van der Waals surface area contributed by atoms with Crippen LogP contribution >= 0.6 is 0 Å². The zero-order valence-electron chi connectivity index (χ0n) is 13.1. The Bertz CT molecular complexity index is 464. The van der Waals surface area contributed by atoms with Gasteiger partial charge in [0.15, 0.2) is 0 Å². The third kappa shape index (κ3) is 1.95. The molecule has 0 amide bonds. The first kappa shape index (κ1) is 12.9. The van der Waals surface area contributed by atoms with Gasteiger partial charge >= 0.3 is 0 Å². The number of hydrogen-bond acceptors (Lipinski definition) is 2. The molecule has 1 aromatic rings. The van der Waals surface area contributed by atoms with Crippen LogP contribution in [0.4, 0.5) is 0 Å². The monoisotopic (exact) mass is 273 g/mol. The van der Waals surface area contributed by atoms with Gasteiger partial charge in [-0.15, -0.1) is 0 Å². The quantitative estimate of drug-likeness (QED) is 0.876. The lowest BCUT2D eigenvalue weighted by atomic mass is 9.38. The molecule has 4 bridgehead atoms. The first-order chi connectivity index (χ1) is 9.32. The van der Waals surface area contributed by atoms with Gasteiger partial charge in [0.1, 0.15) is 5.76 Å². The van der Waals surface area contributed by atoms with E-state index in [0.29, 0.717) is 21.8 Å². The first-order valence-electron chi connectivity index (χ1n) is 8.09. The van der Waals surface area contributed by atoms with Crippen molar-refractivity contribution in [3.05, 3.63) is 24.2 Å². The second kappa shape index (κ2) is 3.71. The summed E-state index contributed by atoms with van der Waals surface area (Å²) >= 11 is 0. The lowest BCUT2D eigenvalue weighted by Crippen LogP contribution is -2.66. The molecular weight excluding hydrogens is 246 g/mol. The highest BCUT2D eigenvalue weighted by Crippen LogP contribution is 2.70. The van der Waals surface area contributed by atoms with Crippen molar-refractivity contribution in [2.24, 2.45) is 16.2 Å². The van der Waals surface area contributed by atoms with Gasteiger partial charge in [0, 0.05) is 5.54 Å². The highest BCUT2D eigenvalue weighted by molar-refractivity contribution is 5.18. The zero-order chi connectivity index (χ0) is 14.1. The summed E-state index contributed by atoms with van der Waals surface area (Å²) in [6.45, 7) is 8.48. The van der Waals surface area contributed by atoms with Gasteiger partial charge in [-0.25, -0.2) is 0 Å². The van der Waals surface area contributed by atoms with Crippen LogP contribution in [0.25, 0.3) is 0 Å². The second-order valence-electron chi connectivity index (χ2n) is 9.21. The molecule has 0 radical (unpaired) electrons. The standard InChI is InChI=1S/C18H27NO/c1-15-8-16(2)10-17(3,9-15)13-18(11-15,12-16)19-7-14-5-4-6-20-14/h4-6,19H,7-13H2,1-3H3. The van der Waals surface area contributed by atoms with Crippen molar-refractivity contribution in [3.63, 3.8) is 0 Å². The maximum atomic E-state index is 5.51. The normalized spacial score (nSPS) is 49.8. The SMILES string of the molecule is CC12CC3(C)CC(C)(C1)CC(NCc1ccco1)(C2)C3. The van der Waals surface area contributed by atoms with E-state index in [-0.39, 0.29) is 0 Å². The Morgan fingerprint density at radius 2 is 1.50 bits per heavy atom. The van der Waals surface area contributed by atoms with E-state index in [4.69, 9.17) is 4.42 Å². The molecule has 0 saturated heterocycles. The van der Waals surface area contributed by atoms with Crippen LogP contribution in [0.2, 0.25) is 0 Å². The molecule has 4 aliphatic carbocycles. The molecule has 1 aromatic heterocycles. The molecule has 4 aliphatic rings. The molecule has 5 rings (SSSR count). The number of rotatable bonds is 3. The summed E-state index contributed by atoms with van der Waals surface area (Å²) in [5, 5.41) is 3.91. The number of hydrogen-bond donors (Lipinski definition) is 1. The lowest BCUT2D eigenvalue weighted by Gasteiger charge is -2.69. The van der Waals surface area contributed by atoms with E-state index in [1.54, 1.807) is 6.26 Å².